The van der Waals surface area contributed by atoms with Gasteiger partial charge >= 0.3 is 0 Å². The second kappa shape index (κ2) is 6.36. The molecule has 0 bridgehead atoms. The standard InChI is InChI=1S/C13H27N3O/c1-4-13(14,5-2)12(17)15-11-7-9-16(6-3)10-8-11/h11H,4-10,14H2,1-3H3,(H,15,17). The molecule has 1 aliphatic heterocycles. The van der Waals surface area contributed by atoms with E-state index in [9.17, 15) is 4.79 Å². The summed E-state index contributed by atoms with van der Waals surface area (Å²) in [6, 6.07) is 0.311. The highest BCUT2D eigenvalue weighted by atomic mass is 16.2. The van der Waals surface area contributed by atoms with E-state index in [0.717, 1.165) is 32.5 Å². The molecule has 1 amide bonds. The van der Waals surface area contributed by atoms with Gasteiger partial charge in [0.1, 0.15) is 0 Å². The molecule has 0 atom stereocenters. The number of likely N-dealkylation sites (tertiary alicyclic amines) is 1. The Morgan fingerprint density at radius 2 is 1.82 bits per heavy atom. The lowest BCUT2D eigenvalue weighted by molar-refractivity contribution is -0.127. The first-order valence-electron chi connectivity index (χ1n) is 6.88. The quantitative estimate of drug-likeness (QED) is 0.758. The summed E-state index contributed by atoms with van der Waals surface area (Å²) >= 11 is 0. The minimum absolute atomic E-state index is 0.0254. The van der Waals surface area contributed by atoms with Gasteiger partial charge in [-0.05, 0) is 32.2 Å². The first-order chi connectivity index (χ1) is 8.05. The van der Waals surface area contributed by atoms with Gasteiger partial charge in [0.15, 0.2) is 0 Å². The van der Waals surface area contributed by atoms with Gasteiger partial charge in [-0.3, -0.25) is 4.79 Å². The Morgan fingerprint density at radius 1 is 1.29 bits per heavy atom. The molecule has 100 valence electrons. The highest BCUT2D eigenvalue weighted by Crippen LogP contribution is 2.14. The number of nitrogens with zero attached hydrogens (tertiary/aromatic N) is 1. The zero-order chi connectivity index (χ0) is 12.9. The average Bonchev–Trinajstić information content (AvgIpc) is 2.38. The molecule has 17 heavy (non-hydrogen) atoms. The Morgan fingerprint density at radius 3 is 2.24 bits per heavy atom. The van der Waals surface area contributed by atoms with Crippen molar-refractivity contribution < 1.29 is 4.79 Å². The Labute approximate surface area is 105 Å². The Hall–Kier alpha value is -0.610. The van der Waals surface area contributed by atoms with E-state index in [1.807, 2.05) is 13.8 Å². The third-order valence-electron chi connectivity index (χ3n) is 4.08. The lowest BCUT2D eigenvalue weighted by Crippen LogP contribution is -2.56. The molecule has 0 spiro atoms. The van der Waals surface area contributed by atoms with E-state index in [4.69, 9.17) is 5.73 Å². The summed E-state index contributed by atoms with van der Waals surface area (Å²) in [5.74, 6) is 0.0254. The number of carbonyl (C=O) groups excluding carboxylic acids is 1. The molecule has 1 rings (SSSR count). The topological polar surface area (TPSA) is 58.4 Å². The van der Waals surface area contributed by atoms with Crippen molar-refractivity contribution in [2.75, 3.05) is 19.6 Å². The van der Waals surface area contributed by atoms with Crippen LogP contribution in [-0.2, 0) is 4.79 Å². The monoisotopic (exact) mass is 241 g/mol. The number of carbonyl (C=O) groups is 1. The molecule has 4 heteroatoms. The number of nitrogens with one attached hydrogen (secondary N) is 1. The molecular weight excluding hydrogens is 214 g/mol. The normalized spacial score (nSPS) is 19.3. The maximum atomic E-state index is 12.1. The van der Waals surface area contributed by atoms with Crippen LogP contribution in [0, 0.1) is 0 Å². The number of nitrogens with two attached hydrogens (primary N) is 1. The molecule has 3 N–H and O–H groups in total. The fourth-order valence-corrected chi connectivity index (χ4v) is 2.29. The number of hydrogen-bond donors (Lipinski definition) is 2. The van der Waals surface area contributed by atoms with Crippen LogP contribution in [0.25, 0.3) is 0 Å². The maximum Gasteiger partial charge on any atom is 0.240 e. The summed E-state index contributed by atoms with van der Waals surface area (Å²) < 4.78 is 0. The van der Waals surface area contributed by atoms with Crippen LogP contribution in [0.4, 0.5) is 0 Å². The summed E-state index contributed by atoms with van der Waals surface area (Å²) in [5.41, 5.74) is 5.41. The number of piperidine rings is 1. The Balaban J connectivity index is 2.42. The van der Waals surface area contributed by atoms with Gasteiger partial charge in [-0.25, -0.2) is 0 Å². The molecule has 1 aliphatic rings. The predicted molar refractivity (Wildman–Crippen MR) is 70.8 cm³/mol. The van der Waals surface area contributed by atoms with Gasteiger partial charge in [-0.1, -0.05) is 20.8 Å². The van der Waals surface area contributed by atoms with Crippen molar-refractivity contribution in [3.63, 3.8) is 0 Å². The van der Waals surface area contributed by atoms with Gasteiger partial charge in [0.05, 0.1) is 5.54 Å². The highest BCUT2D eigenvalue weighted by Gasteiger charge is 2.32. The van der Waals surface area contributed by atoms with Gasteiger partial charge in [-0.2, -0.15) is 0 Å². The van der Waals surface area contributed by atoms with E-state index in [0.29, 0.717) is 18.9 Å². The SMILES string of the molecule is CCN1CCC(NC(=O)C(N)(CC)CC)CC1. The summed E-state index contributed by atoms with van der Waals surface area (Å²) in [5, 5.41) is 3.12. The minimum atomic E-state index is -0.679. The first kappa shape index (κ1) is 14.5. The van der Waals surface area contributed by atoms with E-state index in [1.54, 1.807) is 0 Å². The average molecular weight is 241 g/mol. The molecular formula is C13H27N3O. The number of rotatable bonds is 5. The van der Waals surface area contributed by atoms with Gasteiger partial charge in [0.2, 0.25) is 5.91 Å². The van der Waals surface area contributed by atoms with Crippen molar-refractivity contribution in [3.8, 4) is 0 Å². The van der Waals surface area contributed by atoms with E-state index in [2.05, 4.69) is 17.1 Å². The van der Waals surface area contributed by atoms with Gasteiger partial charge in [-0.15, -0.1) is 0 Å². The fourth-order valence-electron chi connectivity index (χ4n) is 2.29. The van der Waals surface area contributed by atoms with Crippen LogP contribution in [0.3, 0.4) is 0 Å². The molecule has 0 aromatic heterocycles. The van der Waals surface area contributed by atoms with E-state index in [-0.39, 0.29) is 5.91 Å². The van der Waals surface area contributed by atoms with Crippen LogP contribution in [0.1, 0.15) is 46.5 Å². The van der Waals surface area contributed by atoms with E-state index < -0.39 is 5.54 Å². The minimum Gasteiger partial charge on any atom is -0.352 e. The molecule has 1 heterocycles. The molecule has 0 aliphatic carbocycles. The number of amides is 1. The molecule has 4 nitrogen and oxygen atoms in total. The summed E-state index contributed by atoms with van der Waals surface area (Å²) in [4.78, 5) is 14.5. The first-order valence-corrected chi connectivity index (χ1v) is 6.88. The lowest BCUT2D eigenvalue weighted by Gasteiger charge is -2.34. The largest absolute Gasteiger partial charge is 0.352 e. The predicted octanol–water partition coefficient (Wildman–Crippen LogP) is 1.10. The summed E-state index contributed by atoms with van der Waals surface area (Å²) in [6.07, 6.45) is 3.48. The van der Waals surface area contributed by atoms with Gasteiger partial charge in [0.25, 0.3) is 0 Å². The molecule has 0 saturated carbocycles. The lowest BCUT2D eigenvalue weighted by atomic mass is 9.92. The second-order valence-electron chi connectivity index (χ2n) is 5.05. The fraction of sp³-hybridized carbons (Fsp3) is 0.923. The van der Waals surface area contributed by atoms with Crippen LogP contribution in [-0.4, -0.2) is 42.0 Å². The van der Waals surface area contributed by atoms with Gasteiger partial charge in [0, 0.05) is 19.1 Å². The molecule has 1 fully saturated rings. The van der Waals surface area contributed by atoms with Crippen LogP contribution >= 0.6 is 0 Å². The third-order valence-corrected chi connectivity index (χ3v) is 4.08. The molecule has 0 radical (unpaired) electrons. The zero-order valence-corrected chi connectivity index (χ0v) is 11.5. The van der Waals surface area contributed by atoms with Crippen LogP contribution in [0.2, 0.25) is 0 Å². The maximum absolute atomic E-state index is 12.1. The highest BCUT2D eigenvalue weighted by molar-refractivity contribution is 5.86. The zero-order valence-electron chi connectivity index (χ0n) is 11.5. The Bertz CT molecular complexity index is 243. The molecule has 1 saturated heterocycles. The van der Waals surface area contributed by atoms with Crippen LogP contribution in [0.5, 0.6) is 0 Å². The number of hydrogen-bond acceptors (Lipinski definition) is 3. The molecule has 0 aromatic rings. The van der Waals surface area contributed by atoms with Crippen molar-refractivity contribution in [2.24, 2.45) is 5.73 Å². The second-order valence-corrected chi connectivity index (χ2v) is 5.05. The molecule has 0 unspecified atom stereocenters. The summed E-state index contributed by atoms with van der Waals surface area (Å²) in [7, 11) is 0. The van der Waals surface area contributed by atoms with Crippen molar-refractivity contribution in [1.82, 2.24) is 10.2 Å². The van der Waals surface area contributed by atoms with Crippen molar-refractivity contribution in [1.29, 1.82) is 0 Å². The van der Waals surface area contributed by atoms with Crippen molar-refractivity contribution in [2.45, 2.75) is 58.0 Å². The third kappa shape index (κ3) is 3.68. The summed E-state index contributed by atoms with van der Waals surface area (Å²) in [6.45, 7) is 9.39. The van der Waals surface area contributed by atoms with Crippen LogP contribution < -0.4 is 11.1 Å². The van der Waals surface area contributed by atoms with Gasteiger partial charge < -0.3 is 16.0 Å². The van der Waals surface area contributed by atoms with E-state index >= 15 is 0 Å². The smallest absolute Gasteiger partial charge is 0.240 e. The van der Waals surface area contributed by atoms with E-state index in [1.165, 1.54) is 0 Å². The molecule has 0 aromatic carbocycles. The van der Waals surface area contributed by atoms with Crippen molar-refractivity contribution >= 4 is 5.91 Å². The van der Waals surface area contributed by atoms with Crippen LogP contribution in [0.15, 0.2) is 0 Å². The Kier molecular flexibility index (Phi) is 5.40. The van der Waals surface area contributed by atoms with Crippen molar-refractivity contribution in [3.05, 3.63) is 0 Å².